The minimum atomic E-state index is -0.361. The summed E-state index contributed by atoms with van der Waals surface area (Å²) in [7, 11) is 0. The molecule has 0 aromatic heterocycles. The number of amides is 1. The average molecular weight is 352 g/mol. The number of hydrogen-bond donors (Lipinski definition) is 1. The summed E-state index contributed by atoms with van der Waals surface area (Å²) < 4.78 is 19.4. The maximum absolute atomic E-state index is 13.8. The molecule has 2 aromatic carbocycles. The van der Waals surface area contributed by atoms with Gasteiger partial charge in [0.1, 0.15) is 18.2 Å². The number of anilines is 2. The van der Waals surface area contributed by atoms with Crippen molar-refractivity contribution in [2.45, 2.75) is 19.3 Å². The SMILES string of the molecule is O=C(Nc1cc(F)ccc1N1CCCCC1)C1=Cc2ccccc2OC1. The molecule has 0 saturated carbocycles. The summed E-state index contributed by atoms with van der Waals surface area (Å²) in [5.41, 5.74) is 2.78. The molecular formula is C21H21FN2O2. The molecule has 0 unspecified atom stereocenters. The Morgan fingerprint density at radius 3 is 2.73 bits per heavy atom. The third-order valence-corrected chi connectivity index (χ3v) is 4.83. The summed E-state index contributed by atoms with van der Waals surface area (Å²) in [4.78, 5) is 14.9. The van der Waals surface area contributed by atoms with Gasteiger partial charge in [-0.3, -0.25) is 4.79 Å². The molecule has 26 heavy (non-hydrogen) atoms. The fourth-order valence-corrected chi connectivity index (χ4v) is 3.47. The Labute approximate surface area is 152 Å². The maximum atomic E-state index is 13.8. The second-order valence-electron chi connectivity index (χ2n) is 6.66. The summed E-state index contributed by atoms with van der Waals surface area (Å²) in [6.07, 6.45) is 5.26. The second-order valence-corrected chi connectivity index (χ2v) is 6.66. The number of rotatable bonds is 3. The van der Waals surface area contributed by atoms with E-state index in [4.69, 9.17) is 4.74 Å². The maximum Gasteiger partial charge on any atom is 0.255 e. The smallest absolute Gasteiger partial charge is 0.255 e. The van der Waals surface area contributed by atoms with Crippen LogP contribution in [0.4, 0.5) is 15.8 Å². The van der Waals surface area contributed by atoms with Gasteiger partial charge in [0.2, 0.25) is 0 Å². The molecule has 5 heteroatoms. The third kappa shape index (κ3) is 3.43. The number of nitrogens with zero attached hydrogens (tertiary/aromatic N) is 1. The van der Waals surface area contributed by atoms with Crippen LogP contribution >= 0.6 is 0 Å². The molecule has 2 aromatic rings. The Kier molecular flexibility index (Phi) is 4.61. The Balaban J connectivity index is 1.58. The summed E-state index contributed by atoms with van der Waals surface area (Å²) >= 11 is 0. The van der Waals surface area contributed by atoms with Crippen molar-refractivity contribution in [3.05, 3.63) is 59.4 Å². The van der Waals surface area contributed by atoms with Crippen LogP contribution in [0.1, 0.15) is 24.8 Å². The van der Waals surface area contributed by atoms with Gasteiger partial charge < -0.3 is 15.0 Å². The molecule has 1 amide bonds. The van der Waals surface area contributed by atoms with E-state index in [2.05, 4.69) is 10.2 Å². The number of ether oxygens (including phenoxy) is 1. The van der Waals surface area contributed by atoms with Crippen molar-refractivity contribution in [1.29, 1.82) is 0 Å². The molecule has 2 heterocycles. The van der Waals surface area contributed by atoms with Gasteiger partial charge in [0.05, 0.1) is 16.9 Å². The highest BCUT2D eigenvalue weighted by Crippen LogP contribution is 2.31. The molecule has 1 fully saturated rings. The van der Waals surface area contributed by atoms with E-state index in [-0.39, 0.29) is 18.3 Å². The lowest BCUT2D eigenvalue weighted by Crippen LogP contribution is -2.31. The van der Waals surface area contributed by atoms with Gasteiger partial charge in [-0.05, 0) is 49.6 Å². The number of piperidine rings is 1. The van der Waals surface area contributed by atoms with E-state index < -0.39 is 0 Å². The molecule has 134 valence electrons. The molecule has 2 aliphatic heterocycles. The standard InChI is InChI=1S/C21H21FN2O2/c22-17-8-9-19(24-10-4-1-5-11-24)18(13-17)23-21(25)16-12-15-6-2-3-7-20(15)26-14-16/h2-3,6-9,12-13H,1,4-5,10-11,14H2,(H,23,25). The zero-order chi connectivity index (χ0) is 17.9. The Hall–Kier alpha value is -2.82. The molecule has 0 bridgehead atoms. The summed E-state index contributed by atoms with van der Waals surface area (Å²) in [5.74, 6) is 0.146. The molecule has 1 N–H and O–H groups in total. The number of para-hydroxylation sites is 1. The van der Waals surface area contributed by atoms with Crippen LogP contribution in [0.5, 0.6) is 5.75 Å². The van der Waals surface area contributed by atoms with Crippen LogP contribution in [0.2, 0.25) is 0 Å². The summed E-state index contributed by atoms with van der Waals surface area (Å²) in [6, 6.07) is 12.2. The fraction of sp³-hybridized carbons (Fsp3) is 0.286. The molecule has 2 aliphatic rings. The van der Waals surface area contributed by atoms with Gasteiger partial charge in [-0.25, -0.2) is 4.39 Å². The monoisotopic (exact) mass is 352 g/mol. The third-order valence-electron chi connectivity index (χ3n) is 4.83. The Morgan fingerprint density at radius 1 is 1.08 bits per heavy atom. The minimum Gasteiger partial charge on any atom is -0.488 e. The van der Waals surface area contributed by atoms with E-state index in [1.165, 1.54) is 18.6 Å². The van der Waals surface area contributed by atoms with Gasteiger partial charge in [0.15, 0.2) is 0 Å². The molecule has 4 rings (SSSR count). The number of hydrogen-bond acceptors (Lipinski definition) is 3. The highest BCUT2D eigenvalue weighted by Gasteiger charge is 2.20. The topological polar surface area (TPSA) is 41.6 Å². The highest BCUT2D eigenvalue weighted by molar-refractivity contribution is 6.08. The zero-order valence-electron chi connectivity index (χ0n) is 14.5. The van der Waals surface area contributed by atoms with Gasteiger partial charge in [-0.2, -0.15) is 0 Å². The van der Waals surface area contributed by atoms with E-state index >= 15 is 0 Å². The summed E-state index contributed by atoms with van der Waals surface area (Å²) in [6.45, 7) is 2.05. The van der Waals surface area contributed by atoms with Gasteiger partial charge in [-0.1, -0.05) is 18.2 Å². The number of carbonyl (C=O) groups is 1. The van der Waals surface area contributed by atoms with Crippen LogP contribution in [0.3, 0.4) is 0 Å². The lowest BCUT2D eigenvalue weighted by atomic mass is 10.1. The normalized spacial score (nSPS) is 16.3. The second kappa shape index (κ2) is 7.20. The predicted octanol–water partition coefficient (Wildman–Crippen LogP) is 4.23. The highest BCUT2D eigenvalue weighted by atomic mass is 19.1. The quantitative estimate of drug-likeness (QED) is 0.899. The Bertz CT molecular complexity index is 857. The van der Waals surface area contributed by atoms with E-state index in [1.807, 2.05) is 30.3 Å². The van der Waals surface area contributed by atoms with Crippen molar-refractivity contribution in [3.8, 4) is 5.75 Å². The number of fused-ring (bicyclic) bond motifs is 1. The van der Waals surface area contributed by atoms with E-state index in [1.54, 1.807) is 6.07 Å². The molecular weight excluding hydrogens is 331 g/mol. The van der Waals surface area contributed by atoms with Gasteiger partial charge in [0, 0.05) is 18.7 Å². The van der Waals surface area contributed by atoms with Crippen molar-refractivity contribution in [2.75, 3.05) is 29.9 Å². The van der Waals surface area contributed by atoms with Crippen molar-refractivity contribution >= 4 is 23.4 Å². The lowest BCUT2D eigenvalue weighted by molar-refractivity contribution is -0.113. The van der Waals surface area contributed by atoms with E-state index in [0.717, 1.165) is 42.9 Å². The van der Waals surface area contributed by atoms with Crippen molar-refractivity contribution in [1.82, 2.24) is 0 Å². The van der Waals surface area contributed by atoms with Crippen LogP contribution in [-0.2, 0) is 4.79 Å². The van der Waals surface area contributed by atoms with Gasteiger partial charge >= 0.3 is 0 Å². The number of carbonyl (C=O) groups excluding carboxylic acids is 1. The number of benzene rings is 2. The van der Waals surface area contributed by atoms with E-state index in [9.17, 15) is 9.18 Å². The zero-order valence-corrected chi connectivity index (χ0v) is 14.5. The van der Waals surface area contributed by atoms with Gasteiger partial charge in [0.25, 0.3) is 5.91 Å². The van der Waals surface area contributed by atoms with Gasteiger partial charge in [-0.15, -0.1) is 0 Å². The first-order chi connectivity index (χ1) is 12.7. The van der Waals surface area contributed by atoms with Crippen LogP contribution < -0.4 is 15.0 Å². The number of halogens is 1. The molecule has 0 spiro atoms. The number of nitrogens with one attached hydrogen (secondary N) is 1. The van der Waals surface area contributed by atoms with Crippen molar-refractivity contribution in [2.24, 2.45) is 0 Å². The summed E-state index contributed by atoms with van der Waals surface area (Å²) in [5, 5.41) is 2.88. The largest absolute Gasteiger partial charge is 0.488 e. The van der Waals surface area contributed by atoms with Crippen LogP contribution in [0, 0.1) is 5.82 Å². The molecule has 1 saturated heterocycles. The van der Waals surface area contributed by atoms with Crippen LogP contribution in [0.15, 0.2) is 48.0 Å². The predicted molar refractivity (Wildman–Crippen MR) is 101 cm³/mol. The van der Waals surface area contributed by atoms with Crippen molar-refractivity contribution < 1.29 is 13.9 Å². The van der Waals surface area contributed by atoms with Crippen molar-refractivity contribution in [3.63, 3.8) is 0 Å². The minimum absolute atomic E-state index is 0.206. The average Bonchev–Trinajstić information content (AvgIpc) is 2.68. The first-order valence-electron chi connectivity index (χ1n) is 8.99. The first-order valence-corrected chi connectivity index (χ1v) is 8.99. The molecule has 0 atom stereocenters. The molecule has 0 aliphatic carbocycles. The Morgan fingerprint density at radius 2 is 1.88 bits per heavy atom. The van der Waals surface area contributed by atoms with E-state index in [0.29, 0.717) is 11.3 Å². The molecule has 4 nitrogen and oxygen atoms in total. The molecule has 0 radical (unpaired) electrons. The van der Waals surface area contributed by atoms with Crippen LogP contribution in [0.25, 0.3) is 6.08 Å². The van der Waals surface area contributed by atoms with Crippen LogP contribution in [-0.4, -0.2) is 25.6 Å². The lowest BCUT2D eigenvalue weighted by Gasteiger charge is -2.30. The fourth-order valence-electron chi connectivity index (χ4n) is 3.47. The first kappa shape index (κ1) is 16.6.